The van der Waals surface area contributed by atoms with Crippen LogP contribution in [0.3, 0.4) is 0 Å². The Balaban J connectivity index is 2.58. The molecule has 0 aliphatic carbocycles. The lowest BCUT2D eigenvalue weighted by Gasteiger charge is -2.11. The summed E-state index contributed by atoms with van der Waals surface area (Å²) in [5.74, 6) is 0. The summed E-state index contributed by atoms with van der Waals surface area (Å²) in [5.41, 5.74) is 6.55. The zero-order valence-corrected chi connectivity index (χ0v) is 9.57. The van der Waals surface area contributed by atoms with E-state index >= 15 is 0 Å². The van der Waals surface area contributed by atoms with E-state index in [9.17, 15) is 0 Å². The summed E-state index contributed by atoms with van der Waals surface area (Å²) in [5, 5.41) is 4.58. The second-order valence-electron chi connectivity index (χ2n) is 3.30. The highest BCUT2D eigenvalue weighted by molar-refractivity contribution is 6.34. The Morgan fingerprint density at radius 2 is 1.86 bits per heavy atom. The van der Waals surface area contributed by atoms with Crippen LogP contribution in [0.25, 0.3) is 0 Å². The van der Waals surface area contributed by atoms with Gasteiger partial charge in [0.2, 0.25) is 0 Å². The van der Waals surface area contributed by atoms with Gasteiger partial charge < -0.3 is 11.1 Å². The van der Waals surface area contributed by atoms with E-state index in [1.807, 2.05) is 19.1 Å². The van der Waals surface area contributed by atoms with E-state index in [1.54, 1.807) is 6.07 Å². The van der Waals surface area contributed by atoms with Gasteiger partial charge >= 0.3 is 0 Å². The minimum atomic E-state index is 0.299. The van der Waals surface area contributed by atoms with Crippen LogP contribution in [-0.4, -0.2) is 12.6 Å². The Hall–Kier alpha value is -0.280. The highest BCUT2D eigenvalue weighted by Gasteiger charge is 2.00. The van der Waals surface area contributed by atoms with Gasteiger partial charge in [-0.15, -0.1) is 0 Å². The van der Waals surface area contributed by atoms with Crippen molar-refractivity contribution in [1.82, 2.24) is 5.32 Å². The number of halogens is 2. The third kappa shape index (κ3) is 3.84. The molecule has 0 spiro atoms. The van der Waals surface area contributed by atoms with Crippen molar-refractivity contribution in [2.45, 2.75) is 19.5 Å². The molecule has 0 bridgehead atoms. The lowest BCUT2D eigenvalue weighted by Crippen LogP contribution is -2.32. The molecule has 0 fully saturated rings. The third-order valence-corrected chi connectivity index (χ3v) is 2.37. The van der Waals surface area contributed by atoms with Crippen LogP contribution in [0.15, 0.2) is 18.2 Å². The smallest absolute Gasteiger partial charge is 0.0424 e. The van der Waals surface area contributed by atoms with Gasteiger partial charge in [-0.05, 0) is 30.7 Å². The summed E-state index contributed by atoms with van der Waals surface area (Å²) in [6.07, 6.45) is 0. The summed E-state index contributed by atoms with van der Waals surface area (Å²) in [6, 6.07) is 5.81. The minimum Gasteiger partial charge on any atom is -0.329 e. The van der Waals surface area contributed by atoms with Gasteiger partial charge in [-0.25, -0.2) is 0 Å². The molecular formula is C10H14Cl2N2. The Labute approximate surface area is 94.4 Å². The fraction of sp³-hybridized carbons (Fsp3) is 0.400. The van der Waals surface area contributed by atoms with Gasteiger partial charge in [0.15, 0.2) is 0 Å². The van der Waals surface area contributed by atoms with Crippen LogP contribution in [0.2, 0.25) is 10.0 Å². The van der Waals surface area contributed by atoms with Gasteiger partial charge in [0.25, 0.3) is 0 Å². The quantitative estimate of drug-likeness (QED) is 0.838. The van der Waals surface area contributed by atoms with Crippen LogP contribution >= 0.6 is 23.2 Å². The molecule has 1 aromatic carbocycles. The summed E-state index contributed by atoms with van der Waals surface area (Å²) < 4.78 is 0. The summed E-state index contributed by atoms with van der Waals surface area (Å²) in [6.45, 7) is 3.39. The van der Waals surface area contributed by atoms with Gasteiger partial charge in [0.1, 0.15) is 0 Å². The number of benzene rings is 1. The number of nitrogens with one attached hydrogen (secondary N) is 1. The van der Waals surface area contributed by atoms with Crippen LogP contribution < -0.4 is 11.1 Å². The predicted octanol–water partition coefficient (Wildman–Crippen LogP) is 2.43. The molecule has 0 amide bonds. The monoisotopic (exact) mass is 232 g/mol. The summed E-state index contributed by atoms with van der Waals surface area (Å²) in [4.78, 5) is 0. The first-order valence-corrected chi connectivity index (χ1v) is 5.26. The zero-order chi connectivity index (χ0) is 10.6. The molecule has 0 radical (unpaired) electrons. The van der Waals surface area contributed by atoms with E-state index in [0.717, 1.165) is 12.1 Å². The lowest BCUT2D eigenvalue weighted by molar-refractivity contribution is 0.556. The SMILES string of the molecule is C[C@@H](CN)NCc1cc(Cl)cc(Cl)c1. The molecule has 0 aliphatic heterocycles. The minimum absolute atomic E-state index is 0.299. The van der Waals surface area contributed by atoms with Gasteiger partial charge in [-0.3, -0.25) is 0 Å². The first-order chi connectivity index (χ1) is 6.61. The molecule has 0 heterocycles. The van der Waals surface area contributed by atoms with Crippen LogP contribution in [0.1, 0.15) is 12.5 Å². The molecule has 1 rings (SSSR count). The maximum atomic E-state index is 5.86. The molecule has 0 saturated heterocycles. The highest BCUT2D eigenvalue weighted by Crippen LogP contribution is 2.18. The van der Waals surface area contributed by atoms with Gasteiger partial charge in [-0.1, -0.05) is 23.2 Å². The standard InChI is InChI=1S/C10H14Cl2N2/c1-7(5-13)14-6-8-2-9(11)4-10(12)3-8/h2-4,7,14H,5-6,13H2,1H3/t7-/m0/s1. The Kier molecular flexibility index (Phi) is 4.69. The van der Waals surface area contributed by atoms with Crippen molar-refractivity contribution in [2.75, 3.05) is 6.54 Å². The van der Waals surface area contributed by atoms with E-state index < -0.39 is 0 Å². The average molecular weight is 233 g/mol. The molecule has 78 valence electrons. The van der Waals surface area contributed by atoms with E-state index in [0.29, 0.717) is 22.6 Å². The molecule has 4 heteroatoms. The fourth-order valence-corrected chi connectivity index (χ4v) is 1.66. The first-order valence-electron chi connectivity index (χ1n) is 4.50. The molecule has 1 aromatic rings. The van der Waals surface area contributed by atoms with E-state index in [-0.39, 0.29) is 0 Å². The average Bonchev–Trinajstić information content (AvgIpc) is 2.12. The van der Waals surface area contributed by atoms with Crippen molar-refractivity contribution >= 4 is 23.2 Å². The normalized spacial score (nSPS) is 12.9. The number of nitrogens with two attached hydrogens (primary N) is 1. The second kappa shape index (κ2) is 5.56. The molecule has 14 heavy (non-hydrogen) atoms. The van der Waals surface area contributed by atoms with E-state index in [4.69, 9.17) is 28.9 Å². The molecule has 2 nitrogen and oxygen atoms in total. The Morgan fingerprint density at radius 1 is 1.29 bits per heavy atom. The summed E-state index contributed by atoms with van der Waals surface area (Å²) in [7, 11) is 0. The number of rotatable bonds is 4. The maximum absolute atomic E-state index is 5.86. The van der Waals surface area contributed by atoms with Crippen LogP contribution in [0.4, 0.5) is 0 Å². The summed E-state index contributed by atoms with van der Waals surface area (Å²) >= 11 is 11.7. The molecular weight excluding hydrogens is 219 g/mol. The topological polar surface area (TPSA) is 38.0 Å². The maximum Gasteiger partial charge on any atom is 0.0424 e. The predicted molar refractivity (Wildman–Crippen MR) is 61.8 cm³/mol. The van der Waals surface area contributed by atoms with Crippen molar-refractivity contribution in [1.29, 1.82) is 0 Å². The highest BCUT2D eigenvalue weighted by atomic mass is 35.5. The fourth-order valence-electron chi connectivity index (χ4n) is 1.09. The molecule has 0 aromatic heterocycles. The van der Waals surface area contributed by atoms with Crippen molar-refractivity contribution in [3.05, 3.63) is 33.8 Å². The first kappa shape index (κ1) is 11.8. The molecule has 3 N–H and O–H groups in total. The van der Waals surface area contributed by atoms with Crippen LogP contribution in [0, 0.1) is 0 Å². The lowest BCUT2D eigenvalue weighted by atomic mass is 10.2. The van der Waals surface area contributed by atoms with Crippen molar-refractivity contribution in [2.24, 2.45) is 5.73 Å². The van der Waals surface area contributed by atoms with Gasteiger partial charge in [-0.2, -0.15) is 0 Å². The van der Waals surface area contributed by atoms with Crippen molar-refractivity contribution in [3.63, 3.8) is 0 Å². The number of hydrogen-bond donors (Lipinski definition) is 2. The van der Waals surface area contributed by atoms with Gasteiger partial charge in [0, 0.05) is 29.2 Å². The van der Waals surface area contributed by atoms with Crippen LogP contribution in [0.5, 0.6) is 0 Å². The van der Waals surface area contributed by atoms with Crippen molar-refractivity contribution in [3.8, 4) is 0 Å². The van der Waals surface area contributed by atoms with Crippen molar-refractivity contribution < 1.29 is 0 Å². The van der Waals surface area contributed by atoms with Crippen LogP contribution in [-0.2, 0) is 6.54 Å². The van der Waals surface area contributed by atoms with E-state index in [2.05, 4.69) is 5.32 Å². The Bertz CT molecular complexity index is 282. The molecule has 0 unspecified atom stereocenters. The zero-order valence-electron chi connectivity index (χ0n) is 8.06. The molecule has 1 atom stereocenters. The molecule has 0 aliphatic rings. The largest absolute Gasteiger partial charge is 0.329 e. The number of hydrogen-bond acceptors (Lipinski definition) is 2. The Morgan fingerprint density at radius 3 is 2.36 bits per heavy atom. The third-order valence-electron chi connectivity index (χ3n) is 1.93. The molecule has 0 saturated carbocycles. The van der Waals surface area contributed by atoms with E-state index in [1.165, 1.54) is 0 Å². The van der Waals surface area contributed by atoms with Gasteiger partial charge in [0.05, 0.1) is 0 Å². The second-order valence-corrected chi connectivity index (χ2v) is 4.17.